The molecule has 0 aliphatic carbocycles. The molecule has 0 atom stereocenters. The molecule has 0 unspecified atom stereocenters. The van der Waals surface area contributed by atoms with Crippen LogP contribution in [0.1, 0.15) is 29.8 Å². The molecule has 0 bridgehead atoms. The van der Waals surface area contributed by atoms with E-state index in [0.717, 1.165) is 11.3 Å². The molecule has 0 N–H and O–H groups in total. The van der Waals surface area contributed by atoms with Crippen LogP contribution in [0, 0.1) is 11.7 Å². The number of amides is 1. The molecule has 0 fully saturated rings. The molecule has 1 aliphatic heterocycles. The third-order valence-electron chi connectivity index (χ3n) is 3.74. The molecule has 23 heavy (non-hydrogen) atoms. The van der Waals surface area contributed by atoms with Gasteiger partial charge in [-0.1, -0.05) is 13.8 Å². The Balaban J connectivity index is 1.88. The van der Waals surface area contributed by atoms with Crippen LogP contribution in [0.2, 0.25) is 0 Å². The summed E-state index contributed by atoms with van der Waals surface area (Å²) in [5.74, 6) is 0.250. The van der Waals surface area contributed by atoms with Crippen molar-refractivity contribution in [3.05, 3.63) is 53.5 Å². The highest BCUT2D eigenvalue weighted by atomic mass is 19.1. The lowest BCUT2D eigenvalue weighted by molar-refractivity contribution is 0.0983. The second kappa shape index (κ2) is 6.36. The number of fused-ring (bicyclic) bond motifs is 1. The molecule has 120 valence electrons. The van der Waals surface area contributed by atoms with Crippen molar-refractivity contribution in [2.75, 3.05) is 18.1 Å². The highest BCUT2D eigenvalue weighted by molar-refractivity contribution is 6.08. The number of carbonyl (C=O) groups is 1. The largest absolute Gasteiger partial charge is 0.477 e. The van der Waals surface area contributed by atoms with Crippen molar-refractivity contribution in [1.29, 1.82) is 0 Å². The molecule has 3 rings (SSSR count). The van der Waals surface area contributed by atoms with E-state index in [2.05, 4.69) is 4.98 Å². The van der Waals surface area contributed by atoms with Gasteiger partial charge in [0, 0.05) is 18.4 Å². The number of nitrogens with zero attached hydrogens (tertiary/aromatic N) is 2. The normalized spacial score (nSPS) is 13.3. The number of anilines is 1. The second-order valence-corrected chi connectivity index (χ2v) is 6.04. The number of benzene rings is 1. The van der Waals surface area contributed by atoms with Crippen LogP contribution in [0.3, 0.4) is 0 Å². The van der Waals surface area contributed by atoms with Gasteiger partial charge in [-0.25, -0.2) is 9.37 Å². The molecular formula is C18H19FN2O2. The van der Waals surface area contributed by atoms with Gasteiger partial charge in [-0.15, -0.1) is 0 Å². The third kappa shape index (κ3) is 3.18. The number of halogens is 1. The number of ether oxygens (including phenoxy) is 1. The van der Waals surface area contributed by atoms with Gasteiger partial charge >= 0.3 is 0 Å². The van der Waals surface area contributed by atoms with Gasteiger partial charge in [0.05, 0.1) is 6.61 Å². The molecule has 2 heterocycles. The molecule has 5 heteroatoms. The van der Waals surface area contributed by atoms with E-state index in [1.54, 1.807) is 29.3 Å². The topological polar surface area (TPSA) is 42.4 Å². The molecule has 1 aromatic carbocycles. The highest BCUT2D eigenvalue weighted by Crippen LogP contribution is 2.31. The summed E-state index contributed by atoms with van der Waals surface area (Å²) in [6, 6.07) is 7.95. The van der Waals surface area contributed by atoms with Crippen molar-refractivity contribution in [3.8, 4) is 5.88 Å². The maximum Gasteiger partial charge on any atom is 0.263 e. The number of rotatable bonds is 4. The lowest BCUT2D eigenvalue weighted by atomic mass is 10.1. The number of pyridine rings is 1. The predicted octanol–water partition coefficient (Wildman–Crippen LogP) is 3.46. The SMILES string of the molecule is CC(C)COc1ncccc1C(=O)N1CCc2cc(F)ccc21. The Bertz CT molecular complexity index is 731. The minimum Gasteiger partial charge on any atom is -0.477 e. The molecule has 0 spiro atoms. The predicted molar refractivity (Wildman–Crippen MR) is 86.4 cm³/mol. The Morgan fingerprint density at radius 3 is 3.00 bits per heavy atom. The van der Waals surface area contributed by atoms with Crippen LogP contribution in [0.5, 0.6) is 5.88 Å². The van der Waals surface area contributed by atoms with Gasteiger partial charge in [0.15, 0.2) is 0 Å². The molecule has 1 aliphatic rings. The number of hydrogen-bond acceptors (Lipinski definition) is 3. The zero-order chi connectivity index (χ0) is 16.4. The van der Waals surface area contributed by atoms with E-state index in [9.17, 15) is 9.18 Å². The first kappa shape index (κ1) is 15.5. The van der Waals surface area contributed by atoms with Gasteiger partial charge in [-0.05, 0) is 48.2 Å². The van der Waals surface area contributed by atoms with Crippen LogP contribution in [-0.4, -0.2) is 24.0 Å². The van der Waals surface area contributed by atoms with Crippen LogP contribution in [0.15, 0.2) is 36.5 Å². The van der Waals surface area contributed by atoms with Crippen molar-refractivity contribution >= 4 is 11.6 Å². The highest BCUT2D eigenvalue weighted by Gasteiger charge is 2.28. The second-order valence-electron chi connectivity index (χ2n) is 6.04. The third-order valence-corrected chi connectivity index (χ3v) is 3.74. The average molecular weight is 314 g/mol. The molecule has 1 aromatic heterocycles. The van der Waals surface area contributed by atoms with Crippen molar-refractivity contribution in [1.82, 2.24) is 4.98 Å². The summed E-state index contributed by atoms with van der Waals surface area (Å²) in [5.41, 5.74) is 2.05. The van der Waals surface area contributed by atoms with Gasteiger partial charge in [0.1, 0.15) is 11.4 Å². The zero-order valence-electron chi connectivity index (χ0n) is 13.3. The maximum absolute atomic E-state index is 13.3. The van der Waals surface area contributed by atoms with Crippen molar-refractivity contribution < 1.29 is 13.9 Å². The molecule has 0 saturated heterocycles. The molecule has 0 radical (unpaired) electrons. The smallest absolute Gasteiger partial charge is 0.263 e. The van der Waals surface area contributed by atoms with Crippen LogP contribution < -0.4 is 9.64 Å². The van der Waals surface area contributed by atoms with E-state index >= 15 is 0 Å². The van der Waals surface area contributed by atoms with Crippen molar-refractivity contribution in [3.63, 3.8) is 0 Å². The first-order valence-electron chi connectivity index (χ1n) is 7.74. The van der Waals surface area contributed by atoms with E-state index in [4.69, 9.17) is 4.74 Å². The molecule has 1 amide bonds. The lowest BCUT2D eigenvalue weighted by Gasteiger charge is -2.19. The van der Waals surface area contributed by atoms with Gasteiger partial charge in [0.25, 0.3) is 5.91 Å². The molecule has 4 nitrogen and oxygen atoms in total. The summed E-state index contributed by atoms with van der Waals surface area (Å²) in [7, 11) is 0. The van der Waals surface area contributed by atoms with E-state index in [-0.39, 0.29) is 11.7 Å². The fourth-order valence-electron chi connectivity index (χ4n) is 2.64. The number of aromatic nitrogens is 1. The Morgan fingerprint density at radius 1 is 1.39 bits per heavy atom. The Hall–Kier alpha value is -2.43. The number of hydrogen-bond donors (Lipinski definition) is 0. The van der Waals surface area contributed by atoms with Gasteiger partial charge in [-0.3, -0.25) is 4.79 Å². The summed E-state index contributed by atoms with van der Waals surface area (Å²) < 4.78 is 19.0. The van der Waals surface area contributed by atoms with Crippen LogP contribution in [-0.2, 0) is 6.42 Å². The minimum absolute atomic E-state index is 0.165. The van der Waals surface area contributed by atoms with Gasteiger partial charge < -0.3 is 9.64 Å². The van der Waals surface area contributed by atoms with Crippen LogP contribution >= 0.6 is 0 Å². The van der Waals surface area contributed by atoms with Gasteiger partial charge in [-0.2, -0.15) is 0 Å². The summed E-state index contributed by atoms with van der Waals surface area (Å²) in [6.45, 7) is 5.11. The van der Waals surface area contributed by atoms with Crippen LogP contribution in [0.25, 0.3) is 0 Å². The van der Waals surface area contributed by atoms with Crippen molar-refractivity contribution in [2.45, 2.75) is 20.3 Å². The Kier molecular flexibility index (Phi) is 4.28. The van der Waals surface area contributed by atoms with Crippen molar-refractivity contribution in [2.24, 2.45) is 5.92 Å². The van der Waals surface area contributed by atoms with E-state index in [0.29, 0.717) is 36.9 Å². The maximum atomic E-state index is 13.3. The fraction of sp³-hybridized carbons (Fsp3) is 0.333. The minimum atomic E-state index is -0.277. The Morgan fingerprint density at radius 2 is 2.22 bits per heavy atom. The fourth-order valence-corrected chi connectivity index (χ4v) is 2.64. The summed E-state index contributed by atoms with van der Waals surface area (Å²) >= 11 is 0. The standard InChI is InChI=1S/C18H19FN2O2/c1-12(2)11-23-17-15(4-3-8-20-17)18(22)21-9-7-13-10-14(19)5-6-16(13)21/h3-6,8,10,12H,7,9,11H2,1-2H3. The Labute approximate surface area is 134 Å². The summed E-state index contributed by atoms with van der Waals surface area (Å²) in [4.78, 5) is 18.7. The van der Waals surface area contributed by atoms with E-state index < -0.39 is 0 Å². The number of carbonyl (C=O) groups excluding carboxylic acids is 1. The summed E-state index contributed by atoms with van der Waals surface area (Å²) in [5, 5.41) is 0. The average Bonchev–Trinajstić information content (AvgIpc) is 2.95. The monoisotopic (exact) mass is 314 g/mol. The van der Waals surface area contributed by atoms with E-state index in [1.807, 2.05) is 13.8 Å². The molecular weight excluding hydrogens is 295 g/mol. The molecule has 0 saturated carbocycles. The van der Waals surface area contributed by atoms with Gasteiger partial charge in [0.2, 0.25) is 5.88 Å². The zero-order valence-corrected chi connectivity index (χ0v) is 13.3. The first-order chi connectivity index (χ1) is 11.1. The summed E-state index contributed by atoms with van der Waals surface area (Å²) in [6.07, 6.45) is 2.26. The quantitative estimate of drug-likeness (QED) is 0.868. The van der Waals surface area contributed by atoms with Crippen LogP contribution in [0.4, 0.5) is 10.1 Å². The first-order valence-corrected chi connectivity index (χ1v) is 7.74. The lowest BCUT2D eigenvalue weighted by Crippen LogP contribution is -2.29. The van der Waals surface area contributed by atoms with E-state index in [1.165, 1.54) is 12.1 Å². The molecule has 2 aromatic rings.